The third-order valence-corrected chi connectivity index (χ3v) is 6.87. The highest BCUT2D eigenvalue weighted by Gasteiger charge is 2.17. The van der Waals surface area contributed by atoms with Crippen LogP contribution in [0, 0.1) is 13.8 Å². The quantitative estimate of drug-likeness (QED) is 0.320. The molecule has 4 aromatic rings. The van der Waals surface area contributed by atoms with Gasteiger partial charge in [0.15, 0.2) is 0 Å². The number of benzene rings is 2. The second-order valence-corrected chi connectivity index (χ2v) is 10.1. The van der Waals surface area contributed by atoms with Gasteiger partial charge in [-0.05, 0) is 62.4 Å². The normalized spacial score (nSPS) is 11.1. The fourth-order valence-corrected chi connectivity index (χ4v) is 4.73. The Hall–Kier alpha value is -4.78. The molecule has 0 aliphatic rings. The molecule has 0 spiro atoms. The molecule has 0 unspecified atom stereocenters. The van der Waals surface area contributed by atoms with Crippen molar-refractivity contribution in [2.75, 3.05) is 24.3 Å². The van der Waals surface area contributed by atoms with E-state index in [-0.39, 0.29) is 17.3 Å². The summed E-state index contributed by atoms with van der Waals surface area (Å²) in [5.41, 5.74) is 1.49. The molecule has 12 nitrogen and oxygen atoms in total. The molecular formula is C26H26N6O6S. The smallest absolute Gasteiger partial charge is 0.267 e. The number of rotatable bonds is 9. The lowest BCUT2D eigenvalue weighted by atomic mass is 10.1. The summed E-state index contributed by atoms with van der Waals surface area (Å²) in [7, 11) is -0.872. The Kier molecular flexibility index (Phi) is 7.91. The summed E-state index contributed by atoms with van der Waals surface area (Å²) < 4.78 is 39.6. The standard InChI is InChI=1S/C26H26N6O6S/c1-16-13-24(28-17(2)27-16)31-39(35,36)20-8-5-18(6-9-20)29-25(33)15-32-26(34)12-10-22(30-32)21-14-19(37-3)7-11-23(21)38-4/h5-14H,15H2,1-4H3,(H,29,33)(H,27,28,31). The lowest BCUT2D eigenvalue weighted by Gasteiger charge is -2.12. The lowest BCUT2D eigenvalue weighted by molar-refractivity contribution is -0.117. The van der Waals surface area contributed by atoms with Gasteiger partial charge in [0, 0.05) is 29.1 Å². The van der Waals surface area contributed by atoms with Gasteiger partial charge in [-0.3, -0.25) is 14.3 Å². The van der Waals surface area contributed by atoms with Crippen molar-refractivity contribution in [2.24, 2.45) is 0 Å². The number of anilines is 2. The molecule has 0 fully saturated rings. The number of aryl methyl sites for hydroxylation is 2. The van der Waals surface area contributed by atoms with Gasteiger partial charge < -0.3 is 14.8 Å². The largest absolute Gasteiger partial charge is 0.497 e. The Labute approximate surface area is 224 Å². The number of sulfonamides is 1. The third kappa shape index (κ3) is 6.57. The van der Waals surface area contributed by atoms with Crippen LogP contribution in [0.5, 0.6) is 11.5 Å². The number of methoxy groups -OCH3 is 2. The Morgan fingerprint density at radius 2 is 1.69 bits per heavy atom. The molecule has 13 heteroatoms. The van der Waals surface area contributed by atoms with Crippen molar-refractivity contribution < 1.29 is 22.7 Å². The van der Waals surface area contributed by atoms with Crippen LogP contribution in [0.4, 0.5) is 11.5 Å². The van der Waals surface area contributed by atoms with E-state index < -0.39 is 21.5 Å². The highest BCUT2D eigenvalue weighted by molar-refractivity contribution is 7.92. The van der Waals surface area contributed by atoms with E-state index in [1.807, 2.05) is 0 Å². The Morgan fingerprint density at radius 3 is 2.36 bits per heavy atom. The van der Waals surface area contributed by atoms with E-state index in [0.717, 1.165) is 4.68 Å². The van der Waals surface area contributed by atoms with Gasteiger partial charge >= 0.3 is 0 Å². The maximum absolute atomic E-state index is 12.7. The first-order valence-corrected chi connectivity index (χ1v) is 13.1. The second-order valence-electron chi connectivity index (χ2n) is 8.40. The maximum atomic E-state index is 12.7. The Balaban J connectivity index is 1.48. The van der Waals surface area contributed by atoms with Crippen molar-refractivity contribution >= 4 is 27.4 Å². The number of amides is 1. The van der Waals surface area contributed by atoms with E-state index in [9.17, 15) is 18.0 Å². The molecule has 0 radical (unpaired) electrons. The van der Waals surface area contributed by atoms with Crippen molar-refractivity contribution in [3.8, 4) is 22.8 Å². The molecule has 0 aliphatic heterocycles. The van der Waals surface area contributed by atoms with Gasteiger partial charge in [-0.25, -0.2) is 23.1 Å². The fraction of sp³-hybridized carbons (Fsp3) is 0.192. The highest BCUT2D eigenvalue weighted by atomic mass is 32.2. The van der Waals surface area contributed by atoms with Gasteiger partial charge in [0.2, 0.25) is 5.91 Å². The zero-order valence-electron chi connectivity index (χ0n) is 21.6. The number of nitrogens with one attached hydrogen (secondary N) is 2. The van der Waals surface area contributed by atoms with E-state index >= 15 is 0 Å². The topological polar surface area (TPSA) is 154 Å². The molecule has 0 saturated carbocycles. The van der Waals surface area contributed by atoms with Crippen LogP contribution in [-0.2, 0) is 21.4 Å². The second kappa shape index (κ2) is 11.3. The van der Waals surface area contributed by atoms with Gasteiger partial charge in [0.1, 0.15) is 29.7 Å². The summed E-state index contributed by atoms with van der Waals surface area (Å²) in [6.07, 6.45) is 0. The van der Waals surface area contributed by atoms with Crippen LogP contribution in [0.15, 0.2) is 70.4 Å². The zero-order chi connectivity index (χ0) is 28.2. The van der Waals surface area contributed by atoms with Crippen LogP contribution in [0.3, 0.4) is 0 Å². The third-order valence-electron chi connectivity index (χ3n) is 5.50. The average Bonchev–Trinajstić information content (AvgIpc) is 2.89. The van der Waals surface area contributed by atoms with Crippen molar-refractivity contribution in [1.29, 1.82) is 0 Å². The summed E-state index contributed by atoms with van der Waals surface area (Å²) in [4.78, 5) is 33.3. The zero-order valence-corrected chi connectivity index (χ0v) is 22.4. The van der Waals surface area contributed by atoms with E-state index in [1.54, 1.807) is 32.0 Å². The molecule has 2 aromatic carbocycles. The predicted molar refractivity (Wildman–Crippen MR) is 144 cm³/mol. The molecule has 39 heavy (non-hydrogen) atoms. The molecule has 4 rings (SSSR count). The molecule has 0 bridgehead atoms. The van der Waals surface area contributed by atoms with E-state index in [2.05, 4.69) is 25.1 Å². The van der Waals surface area contributed by atoms with Gasteiger partial charge in [-0.15, -0.1) is 0 Å². The van der Waals surface area contributed by atoms with Crippen LogP contribution in [0.2, 0.25) is 0 Å². The summed E-state index contributed by atoms with van der Waals surface area (Å²) in [6.45, 7) is 3.03. The number of aromatic nitrogens is 4. The van der Waals surface area contributed by atoms with E-state index in [0.29, 0.717) is 40.0 Å². The van der Waals surface area contributed by atoms with Crippen molar-refractivity contribution in [1.82, 2.24) is 19.7 Å². The van der Waals surface area contributed by atoms with Crippen LogP contribution in [-0.4, -0.2) is 48.3 Å². The Bertz CT molecular complexity index is 1670. The fourth-order valence-electron chi connectivity index (χ4n) is 3.74. The van der Waals surface area contributed by atoms with Crippen molar-refractivity contribution in [3.05, 3.63) is 82.5 Å². The summed E-state index contributed by atoms with van der Waals surface area (Å²) in [6, 6.07) is 15.1. The summed E-state index contributed by atoms with van der Waals surface area (Å²) >= 11 is 0. The molecule has 202 valence electrons. The molecule has 0 aliphatic carbocycles. The molecule has 0 atom stereocenters. The highest BCUT2D eigenvalue weighted by Crippen LogP contribution is 2.31. The van der Waals surface area contributed by atoms with Gasteiger partial charge in [0.25, 0.3) is 15.6 Å². The summed E-state index contributed by atoms with van der Waals surface area (Å²) in [5.74, 6) is 1.16. The average molecular weight is 551 g/mol. The number of hydrogen-bond acceptors (Lipinski definition) is 9. The molecule has 0 saturated heterocycles. The number of hydrogen-bond donors (Lipinski definition) is 2. The minimum absolute atomic E-state index is 0.0211. The van der Waals surface area contributed by atoms with Gasteiger partial charge in [0.05, 0.1) is 24.8 Å². The van der Waals surface area contributed by atoms with Gasteiger partial charge in [-0.2, -0.15) is 5.10 Å². The number of carbonyl (C=O) groups is 1. The Morgan fingerprint density at radius 1 is 0.949 bits per heavy atom. The number of carbonyl (C=O) groups excluding carboxylic acids is 1. The molecular weight excluding hydrogens is 524 g/mol. The first-order chi connectivity index (χ1) is 18.6. The number of nitrogens with zero attached hydrogens (tertiary/aromatic N) is 4. The minimum atomic E-state index is -3.92. The van der Waals surface area contributed by atoms with Crippen LogP contribution < -0.4 is 25.1 Å². The first kappa shape index (κ1) is 27.3. The molecule has 1 amide bonds. The maximum Gasteiger partial charge on any atom is 0.267 e. The van der Waals surface area contributed by atoms with Crippen LogP contribution >= 0.6 is 0 Å². The monoisotopic (exact) mass is 550 g/mol. The molecule has 2 heterocycles. The molecule has 2 aromatic heterocycles. The first-order valence-electron chi connectivity index (χ1n) is 11.6. The van der Waals surface area contributed by atoms with Crippen LogP contribution in [0.1, 0.15) is 11.5 Å². The summed E-state index contributed by atoms with van der Waals surface area (Å²) in [5, 5.41) is 6.96. The van der Waals surface area contributed by atoms with Crippen molar-refractivity contribution in [2.45, 2.75) is 25.3 Å². The predicted octanol–water partition coefficient (Wildman–Crippen LogP) is 2.77. The molecule has 2 N–H and O–H groups in total. The number of ether oxygens (including phenoxy) is 2. The van der Waals surface area contributed by atoms with Crippen molar-refractivity contribution in [3.63, 3.8) is 0 Å². The van der Waals surface area contributed by atoms with E-state index in [1.165, 1.54) is 56.7 Å². The minimum Gasteiger partial charge on any atom is -0.497 e. The SMILES string of the molecule is COc1ccc(OC)c(-c2ccc(=O)n(CC(=O)Nc3ccc(S(=O)(=O)Nc4cc(C)nc(C)n4)cc3)n2)c1. The van der Waals surface area contributed by atoms with Gasteiger partial charge in [-0.1, -0.05) is 0 Å². The van der Waals surface area contributed by atoms with Crippen LogP contribution in [0.25, 0.3) is 11.3 Å². The lowest BCUT2D eigenvalue weighted by Crippen LogP contribution is -2.29. The van der Waals surface area contributed by atoms with E-state index in [4.69, 9.17) is 9.47 Å².